The molecule has 1 aromatic heterocycles. The summed E-state index contributed by atoms with van der Waals surface area (Å²) in [6.07, 6.45) is 0. The molecule has 0 saturated heterocycles. The Labute approximate surface area is 95.6 Å². The SMILES string of the molecule is CN(C)S(=O)Cc1cc(Cl)nc(Cl)c1. The van der Waals surface area contributed by atoms with Crippen molar-refractivity contribution in [1.29, 1.82) is 0 Å². The lowest BCUT2D eigenvalue weighted by Crippen LogP contribution is -2.16. The maximum absolute atomic E-state index is 11.5. The van der Waals surface area contributed by atoms with Crippen LogP contribution >= 0.6 is 23.2 Å². The summed E-state index contributed by atoms with van der Waals surface area (Å²) in [6.45, 7) is 0. The standard InChI is InChI=1S/C8H10Cl2N2OS/c1-12(2)14(13)5-6-3-7(9)11-8(10)4-6/h3-4H,5H2,1-2H3. The molecule has 1 atom stereocenters. The van der Waals surface area contributed by atoms with Crippen LogP contribution in [0.3, 0.4) is 0 Å². The molecule has 0 amide bonds. The van der Waals surface area contributed by atoms with Gasteiger partial charge in [0, 0.05) is 0 Å². The number of pyridine rings is 1. The third-order valence-electron chi connectivity index (χ3n) is 1.52. The van der Waals surface area contributed by atoms with E-state index in [9.17, 15) is 4.21 Å². The topological polar surface area (TPSA) is 33.2 Å². The first-order valence-corrected chi connectivity index (χ1v) is 5.90. The number of aromatic nitrogens is 1. The Morgan fingerprint density at radius 3 is 2.29 bits per heavy atom. The first-order valence-electron chi connectivity index (χ1n) is 3.87. The van der Waals surface area contributed by atoms with E-state index in [1.165, 1.54) is 0 Å². The Kier molecular flexibility index (Phi) is 4.31. The Hall–Kier alpha value is -0.160. The minimum atomic E-state index is -1.05. The molecule has 1 heterocycles. The average molecular weight is 253 g/mol. The van der Waals surface area contributed by atoms with Gasteiger partial charge < -0.3 is 0 Å². The predicted octanol–water partition coefficient (Wildman–Crippen LogP) is 2.11. The molecule has 1 unspecified atom stereocenters. The minimum Gasteiger partial charge on any atom is -0.242 e. The highest BCUT2D eigenvalue weighted by Crippen LogP contribution is 2.16. The summed E-state index contributed by atoms with van der Waals surface area (Å²) in [4.78, 5) is 3.80. The molecule has 0 aliphatic rings. The van der Waals surface area contributed by atoms with E-state index in [1.54, 1.807) is 30.5 Å². The maximum Gasteiger partial charge on any atom is 0.131 e. The van der Waals surface area contributed by atoms with E-state index in [4.69, 9.17) is 23.2 Å². The highest BCUT2D eigenvalue weighted by Gasteiger charge is 2.06. The van der Waals surface area contributed by atoms with Gasteiger partial charge in [-0.05, 0) is 31.8 Å². The summed E-state index contributed by atoms with van der Waals surface area (Å²) in [5, 5.41) is 0.645. The number of nitrogens with zero attached hydrogens (tertiary/aromatic N) is 2. The van der Waals surface area contributed by atoms with Gasteiger partial charge in [-0.3, -0.25) is 0 Å². The summed E-state index contributed by atoms with van der Waals surface area (Å²) in [7, 11) is 2.45. The average Bonchev–Trinajstić information content (AvgIpc) is 2.01. The smallest absolute Gasteiger partial charge is 0.131 e. The molecule has 0 fully saturated rings. The first kappa shape index (κ1) is 11.9. The van der Waals surface area contributed by atoms with Crippen LogP contribution in [0.25, 0.3) is 0 Å². The summed E-state index contributed by atoms with van der Waals surface area (Å²) in [6, 6.07) is 3.32. The molecule has 0 spiro atoms. The molecule has 1 rings (SSSR count). The zero-order chi connectivity index (χ0) is 10.7. The molecule has 1 aromatic rings. The molecule has 14 heavy (non-hydrogen) atoms. The maximum atomic E-state index is 11.5. The first-order chi connectivity index (χ1) is 6.49. The molecule has 78 valence electrons. The van der Waals surface area contributed by atoms with Gasteiger partial charge in [0.1, 0.15) is 10.3 Å². The van der Waals surface area contributed by atoms with Crippen LogP contribution in [0.5, 0.6) is 0 Å². The second kappa shape index (κ2) is 5.07. The Morgan fingerprint density at radius 1 is 1.36 bits per heavy atom. The highest BCUT2D eigenvalue weighted by atomic mass is 35.5. The molecular weight excluding hydrogens is 243 g/mol. The molecule has 0 aromatic carbocycles. The predicted molar refractivity (Wildman–Crippen MR) is 59.8 cm³/mol. The van der Waals surface area contributed by atoms with Crippen molar-refractivity contribution in [2.75, 3.05) is 14.1 Å². The van der Waals surface area contributed by atoms with E-state index in [1.807, 2.05) is 0 Å². The molecule has 0 aliphatic carbocycles. The lowest BCUT2D eigenvalue weighted by molar-refractivity contribution is 0.602. The van der Waals surface area contributed by atoms with Crippen molar-refractivity contribution in [2.24, 2.45) is 0 Å². The lowest BCUT2D eigenvalue weighted by Gasteiger charge is -2.09. The van der Waals surface area contributed by atoms with Gasteiger partial charge >= 0.3 is 0 Å². The van der Waals surface area contributed by atoms with Gasteiger partial charge in [-0.1, -0.05) is 23.2 Å². The molecule has 0 aliphatic heterocycles. The summed E-state index contributed by atoms with van der Waals surface area (Å²) >= 11 is 11.4. The Balaban J connectivity index is 2.82. The lowest BCUT2D eigenvalue weighted by atomic mass is 10.3. The van der Waals surface area contributed by atoms with E-state index in [-0.39, 0.29) is 0 Å². The molecular formula is C8H10Cl2N2OS. The molecule has 0 bridgehead atoms. The number of hydrogen-bond acceptors (Lipinski definition) is 2. The summed E-state index contributed by atoms with van der Waals surface area (Å²) < 4.78 is 13.1. The van der Waals surface area contributed by atoms with Crippen molar-refractivity contribution in [3.63, 3.8) is 0 Å². The van der Waals surface area contributed by atoms with Crippen molar-refractivity contribution in [3.8, 4) is 0 Å². The largest absolute Gasteiger partial charge is 0.242 e. The van der Waals surface area contributed by atoms with Gasteiger partial charge in [-0.25, -0.2) is 13.5 Å². The summed E-state index contributed by atoms with van der Waals surface area (Å²) in [5.74, 6) is 0.398. The van der Waals surface area contributed by atoms with Gasteiger partial charge in [0.2, 0.25) is 0 Å². The fraction of sp³-hybridized carbons (Fsp3) is 0.375. The zero-order valence-electron chi connectivity index (χ0n) is 7.83. The monoisotopic (exact) mass is 252 g/mol. The number of hydrogen-bond donors (Lipinski definition) is 0. The molecule has 0 radical (unpaired) electrons. The fourth-order valence-corrected chi connectivity index (χ4v) is 2.08. The van der Waals surface area contributed by atoms with Crippen LogP contribution in [0.2, 0.25) is 10.3 Å². The van der Waals surface area contributed by atoms with E-state index in [2.05, 4.69) is 4.98 Å². The fourth-order valence-electron chi connectivity index (χ4n) is 0.869. The minimum absolute atomic E-state index is 0.322. The van der Waals surface area contributed by atoms with Crippen LogP contribution in [-0.2, 0) is 16.7 Å². The normalized spacial score (nSPS) is 13.2. The van der Waals surface area contributed by atoms with Crippen molar-refractivity contribution in [3.05, 3.63) is 28.0 Å². The van der Waals surface area contributed by atoms with Crippen molar-refractivity contribution < 1.29 is 4.21 Å². The quantitative estimate of drug-likeness (QED) is 0.773. The van der Waals surface area contributed by atoms with Crippen LogP contribution < -0.4 is 0 Å². The van der Waals surface area contributed by atoms with Crippen LogP contribution in [0.1, 0.15) is 5.56 Å². The Bertz CT molecular complexity index is 337. The number of halogens is 2. The van der Waals surface area contributed by atoms with E-state index >= 15 is 0 Å². The zero-order valence-corrected chi connectivity index (χ0v) is 10.2. The van der Waals surface area contributed by atoms with Gasteiger partial charge in [0.05, 0.1) is 16.7 Å². The highest BCUT2D eigenvalue weighted by molar-refractivity contribution is 7.81. The summed E-state index contributed by atoms with van der Waals surface area (Å²) in [5.41, 5.74) is 0.821. The third kappa shape index (κ3) is 3.53. The second-order valence-corrected chi connectivity index (χ2v) is 5.34. The van der Waals surface area contributed by atoms with Crippen LogP contribution in [0.15, 0.2) is 12.1 Å². The van der Waals surface area contributed by atoms with Gasteiger partial charge in [0.25, 0.3) is 0 Å². The molecule has 0 saturated carbocycles. The van der Waals surface area contributed by atoms with Gasteiger partial charge in [0.15, 0.2) is 0 Å². The Morgan fingerprint density at radius 2 is 1.86 bits per heavy atom. The van der Waals surface area contributed by atoms with E-state index in [0.717, 1.165) is 5.56 Å². The third-order valence-corrected chi connectivity index (χ3v) is 3.30. The van der Waals surface area contributed by atoms with Crippen molar-refractivity contribution in [2.45, 2.75) is 5.75 Å². The van der Waals surface area contributed by atoms with Crippen molar-refractivity contribution in [1.82, 2.24) is 9.29 Å². The second-order valence-electron chi connectivity index (χ2n) is 2.90. The van der Waals surface area contributed by atoms with E-state index in [0.29, 0.717) is 16.1 Å². The molecule has 0 N–H and O–H groups in total. The molecule has 6 heteroatoms. The van der Waals surface area contributed by atoms with Crippen LogP contribution in [0, 0.1) is 0 Å². The molecule has 3 nitrogen and oxygen atoms in total. The van der Waals surface area contributed by atoms with Crippen LogP contribution in [0.4, 0.5) is 0 Å². The van der Waals surface area contributed by atoms with Gasteiger partial charge in [-0.15, -0.1) is 0 Å². The van der Waals surface area contributed by atoms with Crippen LogP contribution in [-0.4, -0.2) is 27.6 Å². The van der Waals surface area contributed by atoms with Crippen molar-refractivity contribution >= 4 is 34.2 Å². The van der Waals surface area contributed by atoms with Gasteiger partial charge in [-0.2, -0.15) is 0 Å². The van der Waals surface area contributed by atoms with E-state index < -0.39 is 11.0 Å². The number of rotatable bonds is 3.